The van der Waals surface area contributed by atoms with E-state index in [0.29, 0.717) is 26.8 Å². The average molecular weight is 395 g/mol. The van der Waals surface area contributed by atoms with Crippen LogP contribution in [0.5, 0.6) is 0 Å². The third-order valence-corrected chi connectivity index (χ3v) is 5.32. The number of nitrogens with one attached hydrogen (secondary N) is 1. The molecule has 7 heteroatoms. The second-order valence-corrected chi connectivity index (χ2v) is 7.33. The van der Waals surface area contributed by atoms with Gasteiger partial charge in [-0.05, 0) is 43.2 Å². The van der Waals surface area contributed by atoms with Gasteiger partial charge in [0.25, 0.3) is 5.89 Å². The van der Waals surface area contributed by atoms with Gasteiger partial charge in [0.1, 0.15) is 0 Å². The molecular weight excluding hydrogens is 381 g/mol. The van der Waals surface area contributed by atoms with Crippen LogP contribution < -0.4 is 5.32 Å². The Morgan fingerprint density at radius 3 is 2.40 bits per heavy atom. The predicted octanol–water partition coefficient (Wildman–Crippen LogP) is 5.82. The van der Waals surface area contributed by atoms with Gasteiger partial charge in [0, 0.05) is 38.9 Å². The molecule has 0 spiro atoms. The second kappa shape index (κ2) is 6.20. The van der Waals surface area contributed by atoms with E-state index in [1.807, 2.05) is 31.3 Å². The van der Waals surface area contributed by atoms with Gasteiger partial charge in [-0.1, -0.05) is 46.0 Å². The third kappa shape index (κ3) is 2.88. The van der Waals surface area contributed by atoms with E-state index in [0.717, 1.165) is 29.7 Å². The molecule has 3 aromatic rings. The van der Waals surface area contributed by atoms with Gasteiger partial charge in [-0.15, -0.1) is 0 Å². The Balaban J connectivity index is 1.76. The highest BCUT2D eigenvalue weighted by Gasteiger charge is 2.52. The lowest BCUT2D eigenvalue weighted by molar-refractivity contribution is 0.418. The average Bonchev–Trinajstić information content (AvgIpc) is 3.21. The molecule has 25 heavy (non-hydrogen) atoms. The number of aromatic nitrogens is 2. The highest BCUT2D eigenvalue weighted by molar-refractivity contribution is 6.36. The fourth-order valence-electron chi connectivity index (χ4n) is 3.04. The van der Waals surface area contributed by atoms with E-state index in [-0.39, 0.29) is 5.41 Å². The SMILES string of the molecule is CNc1cc(Cl)c(C2(c3noc(-c4cccc(Cl)c4)n3)CC2)c(Cl)c1. The Labute approximate surface area is 160 Å². The van der Waals surface area contributed by atoms with Gasteiger partial charge in [-0.3, -0.25) is 0 Å². The van der Waals surface area contributed by atoms with Crippen LogP contribution in [0.25, 0.3) is 11.5 Å². The van der Waals surface area contributed by atoms with Crippen LogP contribution in [-0.2, 0) is 5.41 Å². The van der Waals surface area contributed by atoms with Gasteiger partial charge in [-0.25, -0.2) is 0 Å². The first-order valence-electron chi connectivity index (χ1n) is 7.81. The van der Waals surface area contributed by atoms with Crippen LogP contribution in [-0.4, -0.2) is 17.2 Å². The van der Waals surface area contributed by atoms with E-state index in [2.05, 4.69) is 15.5 Å². The van der Waals surface area contributed by atoms with E-state index in [4.69, 9.17) is 39.3 Å². The van der Waals surface area contributed by atoms with Crippen molar-refractivity contribution in [3.63, 3.8) is 0 Å². The molecule has 4 nitrogen and oxygen atoms in total. The zero-order chi connectivity index (χ0) is 17.6. The quantitative estimate of drug-likeness (QED) is 0.606. The maximum absolute atomic E-state index is 6.50. The minimum absolute atomic E-state index is 0.388. The summed E-state index contributed by atoms with van der Waals surface area (Å²) in [5, 5.41) is 9.06. The first-order valence-corrected chi connectivity index (χ1v) is 8.94. The molecule has 0 saturated heterocycles. The van der Waals surface area contributed by atoms with Crippen molar-refractivity contribution in [2.45, 2.75) is 18.3 Å². The van der Waals surface area contributed by atoms with E-state index in [1.165, 1.54) is 0 Å². The molecule has 0 atom stereocenters. The van der Waals surface area contributed by atoms with Gasteiger partial charge < -0.3 is 9.84 Å². The number of hydrogen-bond acceptors (Lipinski definition) is 4. The van der Waals surface area contributed by atoms with E-state index < -0.39 is 0 Å². The molecule has 1 aliphatic rings. The van der Waals surface area contributed by atoms with Gasteiger partial charge >= 0.3 is 0 Å². The highest BCUT2D eigenvalue weighted by Crippen LogP contribution is 2.56. The highest BCUT2D eigenvalue weighted by atomic mass is 35.5. The van der Waals surface area contributed by atoms with Crippen molar-refractivity contribution < 1.29 is 4.52 Å². The van der Waals surface area contributed by atoms with Crippen molar-refractivity contribution in [2.75, 3.05) is 12.4 Å². The molecule has 0 radical (unpaired) electrons. The molecular formula is C18H14Cl3N3O. The van der Waals surface area contributed by atoms with Crippen molar-refractivity contribution in [2.24, 2.45) is 0 Å². The Hall–Kier alpha value is -1.75. The lowest BCUT2D eigenvalue weighted by Crippen LogP contribution is -2.12. The molecule has 1 fully saturated rings. The van der Waals surface area contributed by atoms with Crippen LogP contribution >= 0.6 is 34.8 Å². The molecule has 128 valence electrons. The van der Waals surface area contributed by atoms with Crippen molar-refractivity contribution >= 4 is 40.5 Å². The normalized spacial score (nSPS) is 15.2. The van der Waals surface area contributed by atoms with Crippen molar-refractivity contribution in [3.8, 4) is 11.5 Å². The van der Waals surface area contributed by atoms with E-state index >= 15 is 0 Å². The van der Waals surface area contributed by atoms with Crippen LogP contribution in [0.15, 0.2) is 40.9 Å². The number of nitrogens with zero attached hydrogens (tertiary/aromatic N) is 2. The van der Waals surface area contributed by atoms with Crippen molar-refractivity contribution in [1.82, 2.24) is 10.1 Å². The molecule has 0 amide bonds. The molecule has 0 unspecified atom stereocenters. The summed E-state index contributed by atoms with van der Waals surface area (Å²) < 4.78 is 5.46. The minimum Gasteiger partial charge on any atom is -0.388 e. The summed E-state index contributed by atoms with van der Waals surface area (Å²) in [7, 11) is 1.82. The molecule has 1 N–H and O–H groups in total. The molecule has 4 rings (SSSR count). The van der Waals surface area contributed by atoms with Crippen LogP contribution in [0.1, 0.15) is 24.2 Å². The lowest BCUT2D eigenvalue weighted by Gasteiger charge is -2.16. The summed E-state index contributed by atoms with van der Waals surface area (Å²) in [5.41, 5.74) is 2.11. The largest absolute Gasteiger partial charge is 0.388 e. The monoisotopic (exact) mass is 393 g/mol. The Bertz CT molecular complexity index is 927. The molecule has 1 saturated carbocycles. The fourth-order valence-corrected chi connectivity index (χ4v) is 4.08. The Morgan fingerprint density at radius 1 is 1.08 bits per heavy atom. The van der Waals surface area contributed by atoms with Crippen LogP contribution in [0.2, 0.25) is 15.1 Å². The van der Waals surface area contributed by atoms with Crippen LogP contribution in [0, 0.1) is 0 Å². The number of hydrogen-bond donors (Lipinski definition) is 1. The molecule has 2 aromatic carbocycles. The number of anilines is 1. The Morgan fingerprint density at radius 2 is 1.80 bits per heavy atom. The van der Waals surface area contributed by atoms with Gasteiger partial charge in [-0.2, -0.15) is 4.98 Å². The van der Waals surface area contributed by atoms with Crippen LogP contribution in [0.4, 0.5) is 5.69 Å². The van der Waals surface area contributed by atoms with Crippen molar-refractivity contribution in [1.29, 1.82) is 0 Å². The molecule has 0 aliphatic heterocycles. The zero-order valence-electron chi connectivity index (χ0n) is 13.3. The first kappa shape index (κ1) is 16.7. The van der Waals surface area contributed by atoms with E-state index in [1.54, 1.807) is 12.1 Å². The lowest BCUT2D eigenvalue weighted by atomic mass is 9.94. The summed E-state index contributed by atoms with van der Waals surface area (Å²) >= 11 is 19.0. The minimum atomic E-state index is -0.388. The van der Waals surface area contributed by atoms with Crippen molar-refractivity contribution in [3.05, 3.63) is 62.9 Å². The molecule has 1 aromatic heterocycles. The number of halogens is 3. The number of benzene rings is 2. The summed E-state index contributed by atoms with van der Waals surface area (Å²) in [5.74, 6) is 1.03. The van der Waals surface area contributed by atoms with Gasteiger partial charge in [0.05, 0.1) is 5.41 Å². The molecule has 1 heterocycles. The standard InChI is InChI=1S/C18H14Cl3N3O/c1-22-12-8-13(20)15(14(21)9-12)18(5-6-18)17-23-16(25-24-17)10-3-2-4-11(19)7-10/h2-4,7-9,22H,5-6H2,1H3. The molecule has 1 aliphatic carbocycles. The predicted molar refractivity (Wildman–Crippen MR) is 101 cm³/mol. The summed E-state index contributed by atoms with van der Waals surface area (Å²) in [6, 6.07) is 11.0. The maximum atomic E-state index is 6.50. The zero-order valence-corrected chi connectivity index (χ0v) is 15.6. The Kier molecular flexibility index (Phi) is 4.14. The summed E-state index contributed by atoms with van der Waals surface area (Å²) in [6.07, 6.45) is 1.75. The molecule has 0 bridgehead atoms. The summed E-state index contributed by atoms with van der Waals surface area (Å²) in [6.45, 7) is 0. The van der Waals surface area contributed by atoms with E-state index in [9.17, 15) is 0 Å². The second-order valence-electron chi connectivity index (χ2n) is 6.08. The van der Waals surface area contributed by atoms with Crippen LogP contribution in [0.3, 0.4) is 0 Å². The third-order valence-electron chi connectivity index (χ3n) is 4.48. The smallest absolute Gasteiger partial charge is 0.258 e. The fraction of sp³-hybridized carbons (Fsp3) is 0.222. The first-order chi connectivity index (χ1) is 12.0. The topological polar surface area (TPSA) is 51.0 Å². The van der Waals surface area contributed by atoms with Gasteiger partial charge in [0.15, 0.2) is 5.82 Å². The van der Waals surface area contributed by atoms with Gasteiger partial charge in [0.2, 0.25) is 0 Å². The number of rotatable bonds is 4. The summed E-state index contributed by atoms with van der Waals surface area (Å²) in [4.78, 5) is 4.59. The maximum Gasteiger partial charge on any atom is 0.258 e.